The molecule has 0 aliphatic rings. The summed E-state index contributed by atoms with van der Waals surface area (Å²) in [7, 11) is 0. The minimum Gasteiger partial charge on any atom is -0.478 e. The van der Waals surface area contributed by atoms with Gasteiger partial charge in [-0.3, -0.25) is 4.79 Å². The number of amides is 1. The number of carbonyl (C=O) groups is 2. The molecule has 0 saturated carbocycles. The van der Waals surface area contributed by atoms with Crippen LogP contribution in [0.3, 0.4) is 0 Å². The lowest BCUT2D eigenvalue weighted by molar-refractivity contribution is -0.144. The number of carboxylic acids is 1. The number of hydrogen-bond acceptors (Lipinski definition) is 5. The Bertz CT molecular complexity index is 774. The van der Waals surface area contributed by atoms with Crippen LogP contribution in [0.2, 0.25) is 0 Å². The average Bonchev–Trinajstić information content (AvgIpc) is 2.92. The molecule has 8 heteroatoms. The van der Waals surface area contributed by atoms with Gasteiger partial charge in [0.2, 0.25) is 6.10 Å². The monoisotopic (exact) mass is 380 g/mol. The van der Waals surface area contributed by atoms with Crippen molar-refractivity contribution in [2.75, 3.05) is 6.54 Å². The number of benzene rings is 1. The lowest BCUT2D eigenvalue weighted by Crippen LogP contribution is -2.40. The van der Waals surface area contributed by atoms with Gasteiger partial charge in [0.15, 0.2) is 0 Å². The molecule has 26 heavy (non-hydrogen) atoms. The summed E-state index contributed by atoms with van der Waals surface area (Å²) < 4.78 is 18.2. The van der Waals surface area contributed by atoms with Crippen LogP contribution in [0.15, 0.2) is 24.3 Å². The van der Waals surface area contributed by atoms with Crippen LogP contribution in [0, 0.1) is 18.7 Å². The summed E-state index contributed by atoms with van der Waals surface area (Å²) in [5.41, 5.74) is 0.714. The van der Waals surface area contributed by atoms with Crippen molar-refractivity contribution in [3.63, 3.8) is 0 Å². The number of aliphatic carboxylic acids is 1. The number of halogens is 1. The molecule has 1 atom stereocenters. The van der Waals surface area contributed by atoms with E-state index in [-0.39, 0.29) is 18.2 Å². The van der Waals surface area contributed by atoms with E-state index in [4.69, 9.17) is 4.74 Å². The van der Waals surface area contributed by atoms with Gasteiger partial charge in [-0.25, -0.2) is 14.2 Å². The smallest absolute Gasteiger partial charge is 0.346 e. The number of carbonyl (C=O) groups excluding carboxylic acids is 1. The van der Waals surface area contributed by atoms with Crippen LogP contribution in [0.4, 0.5) is 4.39 Å². The minimum absolute atomic E-state index is 0.210. The van der Waals surface area contributed by atoms with Crippen LogP contribution < -0.4 is 10.1 Å². The molecule has 0 aliphatic heterocycles. The van der Waals surface area contributed by atoms with Crippen molar-refractivity contribution in [1.29, 1.82) is 0 Å². The zero-order valence-electron chi connectivity index (χ0n) is 14.8. The number of carboxylic acid groups (broad SMARTS) is 1. The quantitative estimate of drug-likeness (QED) is 0.735. The minimum atomic E-state index is -1.29. The third kappa shape index (κ3) is 5.52. The molecule has 1 heterocycles. The Balaban J connectivity index is 2.03. The highest BCUT2D eigenvalue weighted by Gasteiger charge is 2.23. The van der Waals surface area contributed by atoms with Crippen molar-refractivity contribution in [3.8, 4) is 5.75 Å². The number of rotatable bonds is 8. The van der Waals surface area contributed by atoms with Crippen LogP contribution in [0.5, 0.6) is 5.75 Å². The van der Waals surface area contributed by atoms with E-state index < -0.39 is 17.9 Å². The highest BCUT2D eigenvalue weighted by molar-refractivity contribution is 7.13. The fourth-order valence-corrected chi connectivity index (χ4v) is 3.16. The summed E-state index contributed by atoms with van der Waals surface area (Å²) in [6.45, 7) is 5.67. The first kappa shape index (κ1) is 19.8. The van der Waals surface area contributed by atoms with E-state index in [1.807, 2.05) is 20.8 Å². The molecule has 1 amide bonds. The second-order valence-corrected chi connectivity index (χ2v) is 7.42. The van der Waals surface area contributed by atoms with Gasteiger partial charge in [0.1, 0.15) is 16.4 Å². The predicted molar refractivity (Wildman–Crippen MR) is 96.2 cm³/mol. The number of hydrogen-bond donors (Lipinski definition) is 2. The Morgan fingerprint density at radius 2 is 1.96 bits per heavy atom. The van der Waals surface area contributed by atoms with Crippen molar-refractivity contribution < 1.29 is 23.8 Å². The highest BCUT2D eigenvalue weighted by atomic mass is 32.1. The number of aryl methyl sites for hydroxylation is 1. The summed E-state index contributed by atoms with van der Waals surface area (Å²) >= 11 is 1.28. The molecule has 1 aromatic carbocycles. The van der Waals surface area contributed by atoms with Crippen LogP contribution in [-0.4, -0.2) is 34.6 Å². The maximum Gasteiger partial charge on any atom is 0.346 e. The van der Waals surface area contributed by atoms with E-state index in [1.165, 1.54) is 35.6 Å². The topological polar surface area (TPSA) is 88.5 Å². The van der Waals surface area contributed by atoms with Gasteiger partial charge in [-0.15, -0.1) is 11.3 Å². The molecule has 0 radical (unpaired) electrons. The Labute approximate surface area is 155 Å². The molecular weight excluding hydrogens is 359 g/mol. The molecule has 2 N–H and O–H groups in total. The number of ether oxygens (including phenoxy) is 1. The lowest BCUT2D eigenvalue weighted by atomic mass is 10.1. The van der Waals surface area contributed by atoms with Crippen LogP contribution >= 0.6 is 11.3 Å². The number of thiazole rings is 1. The molecule has 1 aromatic heterocycles. The molecule has 0 bridgehead atoms. The molecule has 2 rings (SSSR count). The van der Waals surface area contributed by atoms with Gasteiger partial charge in [0.05, 0.1) is 17.2 Å². The fraction of sp³-hybridized carbons (Fsp3) is 0.389. The standard InChI is InChI=1S/C18H21FN2O4S/c1-10(2)8-14-16(26-11(3)21-14)17(22)20-9-15(18(23)24)25-13-6-4-12(19)5-7-13/h4-7,10,15H,8-9H2,1-3H3,(H,20,22)(H,23,24). The lowest BCUT2D eigenvalue weighted by Gasteiger charge is -2.16. The Hall–Kier alpha value is -2.48. The van der Waals surface area contributed by atoms with Crippen molar-refractivity contribution >= 4 is 23.2 Å². The largest absolute Gasteiger partial charge is 0.478 e. The summed E-state index contributed by atoms with van der Waals surface area (Å²) in [6, 6.07) is 5.01. The number of nitrogens with one attached hydrogen (secondary N) is 1. The van der Waals surface area contributed by atoms with Crippen LogP contribution in [0.25, 0.3) is 0 Å². The second kappa shape index (κ2) is 8.75. The van der Waals surface area contributed by atoms with E-state index in [1.54, 1.807) is 0 Å². The maximum absolute atomic E-state index is 12.9. The van der Waals surface area contributed by atoms with E-state index in [0.29, 0.717) is 22.9 Å². The Kier molecular flexibility index (Phi) is 6.68. The van der Waals surface area contributed by atoms with Gasteiger partial charge in [0, 0.05) is 0 Å². The third-order valence-corrected chi connectivity index (χ3v) is 4.44. The fourth-order valence-electron chi connectivity index (χ4n) is 2.30. The summed E-state index contributed by atoms with van der Waals surface area (Å²) in [4.78, 5) is 28.7. The van der Waals surface area contributed by atoms with Crippen molar-refractivity contribution in [2.24, 2.45) is 5.92 Å². The highest BCUT2D eigenvalue weighted by Crippen LogP contribution is 2.21. The van der Waals surface area contributed by atoms with Crippen molar-refractivity contribution in [3.05, 3.63) is 45.7 Å². The third-order valence-electron chi connectivity index (χ3n) is 3.43. The van der Waals surface area contributed by atoms with E-state index in [9.17, 15) is 19.1 Å². The normalized spacial score (nSPS) is 12.0. The Morgan fingerprint density at radius 3 is 2.54 bits per heavy atom. The van der Waals surface area contributed by atoms with E-state index in [2.05, 4.69) is 10.3 Å². The molecule has 0 saturated heterocycles. The Morgan fingerprint density at radius 1 is 1.31 bits per heavy atom. The molecule has 2 aromatic rings. The van der Waals surface area contributed by atoms with Gasteiger partial charge in [-0.1, -0.05) is 13.8 Å². The molecule has 0 spiro atoms. The van der Waals surface area contributed by atoms with Gasteiger partial charge in [-0.05, 0) is 43.5 Å². The summed E-state index contributed by atoms with van der Waals surface area (Å²) in [5, 5.41) is 12.7. The maximum atomic E-state index is 12.9. The predicted octanol–water partition coefficient (Wildman–Crippen LogP) is 3.05. The van der Waals surface area contributed by atoms with Gasteiger partial charge >= 0.3 is 5.97 Å². The van der Waals surface area contributed by atoms with Crippen LogP contribution in [0.1, 0.15) is 34.2 Å². The molecule has 6 nitrogen and oxygen atoms in total. The first-order valence-corrected chi connectivity index (χ1v) is 8.97. The molecule has 1 unspecified atom stereocenters. The number of nitrogens with zero attached hydrogens (tertiary/aromatic N) is 1. The summed E-state index contributed by atoms with van der Waals surface area (Å²) in [6.07, 6.45) is -0.617. The van der Waals surface area contributed by atoms with Crippen molar-refractivity contribution in [1.82, 2.24) is 10.3 Å². The summed E-state index contributed by atoms with van der Waals surface area (Å²) in [5.74, 6) is -1.49. The molecule has 0 aliphatic carbocycles. The number of aromatic nitrogens is 1. The van der Waals surface area contributed by atoms with Gasteiger partial charge < -0.3 is 15.2 Å². The molecule has 0 fully saturated rings. The van der Waals surface area contributed by atoms with Gasteiger partial charge in [0.25, 0.3) is 5.91 Å². The second-order valence-electron chi connectivity index (χ2n) is 6.22. The first-order valence-electron chi connectivity index (χ1n) is 8.15. The molecule has 140 valence electrons. The zero-order valence-corrected chi connectivity index (χ0v) is 15.6. The first-order chi connectivity index (χ1) is 12.3. The van der Waals surface area contributed by atoms with Gasteiger partial charge in [-0.2, -0.15) is 0 Å². The average molecular weight is 380 g/mol. The van der Waals surface area contributed by atoms with Crippen molar-refractivity contribution in [2.45, 2.75) is 33.3 Å². The zero-order chi connectivity index (χ0) is 19.3. The van der Waals surface area contributed by atoms with E-state index >= 15 is 0 Å². The SMILES string of the molecule is Cc1nc(CC(C)C)c(C(=O)NCC(Oc2ccc(F)cc2)C(=O)O)s1. The van der Waals surface area contributed by atoms with E-state index in [0.717, 1.165) is 5.01 Å². The van der Waals surface area contributed by atoms with Crippen LogP contribution in [-0.2, 0) is 11.2 Å². The molecular formula is C18H21FN2O4S.